The van der Waals surface area contributed by atoms with Gasteiger partial charge in [-0.3, -0.25) is 18.5 Å². The third kappa shape index (κ3) is 12.3. The number of rotatable bonds is 21. The third-order valence-electron chi connectivity index (χ3n) is 9.15. The standard InChI is InChI=1S/C38H55N3O8S2/c1-6-8-10-12-24-41(25-13-11-9-7-2)30-18-15-20-32-34(28-30)40-37(43)33(36(32)42)21-22-35(39-23-16-26-50(44,45)49-5)38(3,4)29-17-14-19-31(27-29)51(46,47)48/h14,17-22,27-28,42H,6-13,15-16,23-26H2,1-5H3,(H,40,43)(H,46,47,48)/b22-21+,39-35?. The molecule has 0 amide bonds. The number of fused-ring (bicyclic) bond motifs is 1. The second kappa shape index (κ2) is 19.4. The molecular weight excluding hydrogens is 691 g/mol. The first-order chi connectivity index (χ1) is 24.1. The Balaban J connectivity index is 2.04. The van der Waals surface area contributed by atoms with E-state index in [0.717, 1.165) is 64.4 Å². The molecule has 1 aliphatic carbocycles. The van der Waals surface area contributed by atoms with Crippen LogP contribution in [0.1, 0.15) is 103 Å². The van der Waals surface area contributed by atoms with Gasteiger partial charge in [0.15, 0.2) is 0 Å². The summed E-state index contributed by atoms with van der Waals surface area (Å²) in [7, 11) is -7.10. The van der Waals surface area contributed by atoms with Crippen LogP contribution in [0.25, 0.3) is 18.2 Å². The van der Waals surface area contributed by atoms with Crippen molar-refractivity contribution in [1.29, 1.82) is 0 Å². The Hall–Kier alpha value is -3.52. The zero-order valence-electron chi connectivity index (χ0n) is 30.7. The number of allylic oxidation sites excluding steroid dienone is 3. The number of pyridine rings is 1. The number of aromatic nitrogens is 1. The highest BCUT2D eigenvalue weighted by molar-refractivity contribution is 7.86. The number of unbranched alkanes of at least 4 members (excludes halogenated alkanes) is 6. The number of hydrogen-bond acceptors (Lipinski definition) is 9. The van der Waals surface area contributed by atoms with Crippen LogP contribution in [0.15, 0.2) is 56.8 Å². The summed E-state index contributed by atoms with van der Waals surface area (Å²) in [6.45, 7) is 9.90. The highest BCUT2D eigenvalue weighted by Gasteiger charge is 2.27. The van der Waals surface area contributed by atoms with Gasteiger partial charge >= 0.3 is 0 Å². The summed E-state index contributed by atoms with van der Waals surface area (Å²) in [5.41, 5.74) is 0.468. The van der Waals surface area contributed by atoms with Crippen LogP contribution in [0, 0.1) is 0 Å². The molecule has 0 saturated carbocycles. The molecule has 1 aliphatic rings. The van der Waals surface area contributed by atoms with E-state index in [2.05, 4.69) is 39.0 Å². The van der Waals surface area contributed by atoms with Crippen molar-refractivity contribution >= 4 is 44.2 Å². The van der Waals surface area contributed by atoms with Gasteiger partial charge in [0.25, 0.3) is 25.8 Å². The monoisotopic (exact) mass is 745 g/mol. The van der Waals surface area contributed by atoms with E-state index in [1.165, 1.54) is 37.1 Å². The van der Waals surface area contributed by atoms with Crippen molar-refractivity contribution in [2.45, 2.75) is 102 Å². The Morgan fingerprint density at radius 3 is 2.27 bits per heavy atom. The molecular formula is C38H55N3O8S2. The highest BCUT2D eigenvalue weighted by Crippen LogP contribution is 2.29. The quantitative estimate of drug-likeness (QED) is 0.0653. The maximum absolute atomic E-state index is 13.5. The van der Waals surface area contributed by atoms with Gasteiger partial charge in [-0.1, -0.05) is 90.5 Å². The van der Waals surface area contributed by atoms with Crippen molar-refractivity contribution in [3.8, 4) is 5.75 Å². The molecule has 1 aromatic heterocycles. The molecule has 0 spiro atoms. The molecule has 2 aromatic rings. The molecule has 282 valence electrons. The van der Waals surface area contributed by atoms with Crippen LogP contribution < -0.4 is 16.1 Å². The fraction of sp³-hybridized carbons (Fsp3) is 0.526. The van der Waals surface area contributed by atoms with E-state index in [-0.39, 0.29) is 34.9 Å². The van der Waals surface area contributed by atoms with Gasteiger partial charge in [0.05, 0.1) is 28.7 Å². The lowest BCUT2D eigenvalue weighted by Crippen LogP contribution is -2.37. The van der Waals surface area contributed by atoms with E-state index >= 15 is 0 Å². The zero-order chi connectivity index (χ0) is 37.7. The lowest BCUT2D eigenvalue weighted by Gasteiger charge is -2.26. The van der Waals surface area contributed by atoms with E-state index < -0.39 is 31.2 Å². The first-order valence-corrected chi connectivity index (χ1v) is 20.9. The summed E-state index contributed by atoms with van der Waals surface area (Å²) in [6, 6.07) is 5.80. The van der Waals surface area contributed by atoms with Gasteiger partial charge in [0, 0.05) is 41.7 Å². The number of aliphatic imine (C=N–C) groups is 1. The minimum Gasteiger partial charge on any atom is -0.506 e. The number of hydrogen-bond donors (Lipinski definition) is 3. The van der Waals surface area contributed by atoms with Crippen LogP contribution >= 0.6 is 0 Å². The van der Waals surface area contributed by atoms with Crippen LogP contribution in [0.3, 0.4) is 0 Å². The number of benzene rings is 1. The molecule has 51 heavy (non-hydrogen) atoms. The highest BCUT2D eigenvalue weighted by atomic mass is 32.2. The predicted octanol–water partition coefficient (Wildman–Crippen LogP) is 5.44. The average Bonchev–Trinajstić information content (AvgIpc) is 3.30. The smallest absolute Gasteiger partial charge is 0.294 e. The summed E-state index contributed by atoms with van der Waals surface area (Å²) in [5.74, 6) is -0.435. The van der Waals surface area contributed by atoms with Crippen molar-refractivity contribution < 1.29 is 30.7 Å². The SMILES string of the molecule is CCCCCCN(CCCCCC)C1=CCC=c2c(O)c(/C=C/C(=NCCCS(=O)(=O)OC)C(C)(C)c3cccc(S(=O)(=O)O)c3)c(=O)[nH]c2=C1. The molecule has 0 aliphatic heterocycles. The number of nitrogens with one attached hydrogen (secondary N) is 1. The molecule has 0 bridgehead atoms. The first-order valence-electron chi connectivity index (χ1n) is 17.9. The Morgan fingerprint density at radius 1 is 1.00 bits per heavy atom. The van der Waals surface area contributed by atoms with Gasteiger partial charge < -0.3 is 15.0 Å². The van der Waals surface area contributed by atoms with Gasteiger partial charge in [0.2, 0.25) is 0 Å². The molecule has 0 saturated heterocycles. The van der Waals surface area contributed by atoms with Crippen LogP contribution in [-0.2, 0) is 29.8 Å². The summed E-state index contributed by atoms with van der Waals surface area (Å²) in [6.07, 6.45) is 18.9. The van der Waals surface area contributed by atoms with Crippen molar-refractivity contribution in [1.82, 2.24) is 9.88 Å². The maximum Gasteiger partial charge on any atom is 0.294 e. The van der Waals surface area contributed by atoms with E-state index in [0.29, 0.717) is 28.3 Å². The number of aromatic amines is 1. The number of aromatic hydroxyl groups is 1. The lowest BCUT2D eigenvalue weighted by atomic mass is 9.79. The summed E-state index contributed by atoms with van der Waals surface area (Å²) < 4.78 is 61.8. The molecule has 0 atom stereocenters. The largest absolute Gasteiger partial charge is 0.506 e. The minimum absolute atomic E-state index is 0.0231. The second-order valence-corrected chi connectivity index (χ2v) is 16.7. The fourth-order valence-corrected chi connectivity index (χ4v) is 7.18. The van der Waals surface area contributed by atoms with E-state index in [1.54, 1.807) is 26.0 Å². The summed E-state index contributed by atoms with van der Waals surface area (Å²) in [5, 5.41) is 12.5. The molecule has 3 rings (SSSR count). The Kier molecular flexibility index (Phi) is 15.9. The van der Waals surface area contributed by atoms with E-state index in [9.17, 15) is 31.3 Å². The lowest BCUT2D eigenvalue weighted by molar-refractivity contribution is 0.336. The fourth-order valence-electron chi connectivity index (χ4n) is 6.00. The first kappa shape index (κ1) is 41.9. The molecule has 13 heteroatoms. The van der Waals surface area contributed by atoms with Crippen molar-refractivity contribution in [3.63, 3.8) is 0 Å². The van der Waals surface area contributed by atoms with E-state index in [1.807, 2.05) is 12.2 Å². The summed E-state index contributed by atoms with van der Waals surface area (Å²) >= 11 is 0. The van der Waals surface area contributed by atoms with Crippen LogP contribution in [0.5, 0.6) is 5.75 Å². The Labute approximate surface area is 303 Å². The molecule has 3 N–H and O–H groups in total. The van der Waals surface area contributed by atoms with Crippen molar-refractivity contribution in [2.75, 3.05) is 32.5 Å². The predicted molar refractivity (Wildman–Crippen MR) is 205 cm³/mol. The van der Waals surface area contributed by atoms with Gasteiger partial charge in [-0.05, 0) is 61.6 Å². The van der Waals surface area contributed by atoms with Crippen LogP contribution in [0.2, 0.25) is 0 Å². The number of nitrogens with zero attached hydrogens (tertiary/aromatic N) is 2. The van der Waals surface area contributed by atoms with Crippen molar-refractivity contribution in [3.05, 3.63) is 74.2 Å². The van der Waals surface area contributed by atoms with E-state index in [4.69, 9.17) is 0 Å². The molecule has 1 aromatic carbocycles. The van der Waals surface area contributed by atoms with Crippen molar-refractivity contribution in [2.24, 2.45) is 4.99 Å². The minimum atomic E-state index is -4.48. The van der Waals surface area contributed by atoms with Gasteiger partial charge in [-0.2, -0.15) is 16.8 Å². The molecule has 11 nitrogen and oxygen atoms in total. The third-order valence-corrected chi connectivity index (χ3v) is 11.3. The Morgan fingerprint density at radius 2 is 1.67 bits per heavy atom. The van der Waals surface area contributed by atoms with Gasteiger partial charge in [-0.25, -0.2) is 0 Å². The zero-order valence-corrected chi connectivity index (χ0v) is 32.3. The normalized spacial score (nSPS) is 14.1. The molecule has 0 unspecified atom stereocenters. The Bertz CT molecular complexity index is 1970. The molecule has 1 heterocycles. The average molecular weight is 746 g/mol. The summed E-state index contributed by atoms with van der Waals surface area (Å²) in [4.78, 5) is 23.3. The topological polar surface area (TPSA) is 166 Å². The molecule has 0 radical (unpaired) electrons. The number of H-pyrrole nitrogens is 1. The maximum atomic E-state index is 13.5. The molecule has 0 fully saturated rings. The van der Waals surface area contributed by atoms with Gasteiger partial charge in [-0.15, -0.1) is 0 Å². The second-order valence-electron chi connectivity index (χ2n) is 13.4. The van der Waals surface area contributed by atoms with Gasteiger partial charge in [0.1, 0.15) is 5.75 Å². The van der Waals surface area contributed by atoms with Crippen LogP contribution in [0.4, 0.5) is 0 Å². The van der Waals surface area contributed by atoms with Crippen LogP contribution in [-0.4, -0.2) is 74.6 Å².